The van der Waals surface area contributed by atoms with Gasteiger partial charge in [-0.05, 0) is 37.8 Å². The molecule has 1 aromatic carbocycles. The lowest BCUT2D eigenvalue weighted by Gasteiger charge is -2.36. The van der Waals surface area contributed by atoms with Crippen molar-refractivity contribution in [1.29, 1.82) is 0 Å². The third-order valence-corrected chi connectivity index (χ3v) is 3.91. The van der Waals surface area contributed by atoms with E-state index >= 15 is 0 Å². The molecule has 0 bridgehead atoms. The van der Waals surface area contributed by atoms with Gasteiger partial charge in [0, 0.05) is 6.04 Å². The number of benzene rings is 1. The summed E-state index contributed by atoms with van der Waals surface area (Å²) in [5, 5.41) is 9.19. The van der Waals surface area contributed by atoms with Gasteiger partial charge in [0.25, 0.3) is 0 Å². The molecular formula is C14H17NO3. The third-order valence-electron chi connectivity index (χ3n) is 3.91. The van der Waals surface area contributed by atoms with Gasteiger partial charge in [-0.3, -0.25) is 0 Å². The van der Waals surface area contributed by atoms with Crippen LogP contribution in [0.5, 0.6) is 5.75 Å². The Morgan fingerprint density at radius 2 is 2.28 bits per heavy atom. The minimum Gasteiger partial charge on any atom is -0.489 e. The van der Waals surface area contributed by atoms with Gasteiger partial charge in [-0.1, -0.05) is 6.07 Å². The lowest BCUT2D eigenvalue weighted by Crippen LogP contribution is -2.41. The predicted molar refractivity (Wildman–Crippen MR) is 68.4 cm³/mol. The van der Waals surface area contributed by atoms with Crippen LogP contribution in [-0.2, 0) is 0 Å². The van der Waals surface area contributed by atoms with Crippen molar-refractivity contribution in [1.82, 2.24) is 0 Å². The summed E-state index contributed by atoms with van der Waals surface area (Å²) in [6.45, 7) is 3.63. The average molecular weight is 247 g/mol. The number of carbonyl (C=O) groups is 1. The van der Waals surface area contributed by atoms with Crippen molar-refractivity contribution in [3.8, 4) is 5.75 Å². The first-order chi connectivity index (χ1) is 8.68. The molecule has 0 aromatic heterocycles. The Morgan fingerprint density at radius 1 is 1.50 bits per heavy atom. The van der Waals surface area contributed by atoms with Gasteiger partial charge < -0.3 is 14.7 Å². The Bertz CT molecular complexity index is 482. The number of aromatic carboxylic acids is 1. The molecule has 1 aliphatic carbocycles. The highest BCUT2D eigenvalue weighted by Gasteiger charge is 2.35. The molecule has 1 fully saturated rings. The van der Waals surface area contributed by atoms with E-state index in [9.17, 15) is 9.90 Å². The number of rotatable bonds is 3. The maximum Gasteiger partial charge on any atom is 0.339 e. The fourth-order valence-corrected chi connectivity index (χ4v) is 2.69. The minimum absolute atomic E-state index is 0.264. The first-order valence-electron chi connectivity index (χ1n) is 6.44. The Hall–Kier alpha value is -1.71. The summed E-state index contributed by atoms with van der Waals surface area (Å²) in [4.78, 5) is 13.5. The molecule has 0 radical (unpaired) electrons. The topological polar surface area (TPSA) is 49.8 Å². The molecular weight excluding hydrogens is 230 g/mol. The number of hydrogen-bond donors (Lipinski definition) is 1. The average Bonchev–Trinajstić information content (AvgIpc) is 3.20. The highest BCUT2D eigenvalue weighted by Crippen LogP contribution is 2.41. The molecule has 1 atom stereocenters. The van der Waals surface area contributed by atoms with E-state index in [4.69, 9.17) is 4.74 Å². The maximum absolute atomic E-state index is 11.2. The summed E-state index contributed by atoms with van der Waals surface area (Å²) in [7, 11) is 0. The molecule has 3 rings (SSSR count). The monoisotopic (exact) mass is 247 g/mol. The van der Waals surface area contributed by atoms with Crippen molar-refractivity contribution in [3.05, 3.63) is 23.8 Å². The Balaban J connectivity index is 1.99. The molecule has 1 aromatic rings. The van der Waals surface area contributed by atoms with Crippen LogP contribution in [0.25, 0.3) is 0 Å². The summed E-state index contributed by atoms with van der Waals surface area (Å²) in [5.74, 6) is 0.362. The van der Waals surface area contributed by atoms with Crippen LogP contribution in [0.4, 0.5) is 5.69 Å². The standard InChI is InChI=1S/C14H17NO3/c1-9(10-5-6-10)15-7-8-18-13-11(14(16)17)3-2-4-12(13)15/h2-4,9-10H,5-8H2,1H3,(H,16,17). The van der Waals surface area contributed by atoms with Crippen LogP contribution in [0.2, 0.25) is 0 Å². The molecule has 2 aliphatic rings. The second kappa shape index (κ2) is 4.19. The second-order valence-electron chi connectivity index (χ2n) is 5.08. The molecule has 1 unspecified atom stereocenters. The zero-order chi connectivity index (χ0) is 12.7. The summed E-state index contributed by atoms with van der Waals surface area (Å²) in [6.07, 6.45) is 2.57. The fourth-order valence-electron chi connectivity index (χ4n) is 2.69. The predicted octanol–water partition coefficient (Wildman–Crippen LogP) is 2.38. The lowest BCUT2D eigenvalue weighted by atomic mass is 10.1. The number of ether oxygens (including phenoxy) is 1. The summed E-state index contributed by atoms with van der Waals surface area (Å²) in [5.41, 5.74) is 1.20. The molecule has 96 valence electrons. The Labute approximate surface area is 106 Å². The molecule has 18 heavy (non-hydrogen) atoms. The van der Waals surface area contributed by atoms with Crippen LogP contribution in [0.1, 0.15) is 30.1 Å². The van der Waals surface area contributed by atoms with Crippen molar-refractivity contribution in [2.24, 2.45) is 5.92 Å². The normalized spacial score (nSPS) is 19.9. The summed E-state index contributed by atoms with van der Waals surface area (Å²) in [6, 6.07) is 5.83. The van der Waals surface area contributed by atoms with Gasteiger partial charge >= 0.3 is 5.97 Å². The van der Waals surface area contributed by atoms with Gasteiger partial charge in [0.1, 0.15) is 12.2 Å². The van der Waals surface area contributed by atoms with Crippen molar-refractivity contribution in [2.45, 2.75) is 25.8 Å². The van der Waals surface area contributed by atoms with Gasteiger partial charge in [-0.2, -0.15) is 0 Å². The molecule has 1 saturated carbocycles. The van der Waals surface area contributed by atoms with Crippen LogP contribution in [-0.4, -0.2) is 30.3 Å². The number of carboxylic acid groups (broad SMARTS) is 1. The highest BCUT2D eigenvalue weighted by atomic mass is 16.5. The third kappa shape index (κ3) is 1.82. The van der Waals surface area contributed by atoms with E-state index in [2.05, 4.69) is 11.8 Å². The molecule has 0 spiro atoms. The number of para-hydroxylation sites is 1. The molecule has 0 saturated heterocycles. The van der Waals surface area contributed by atoms with Crippen LogP contribution in [0.15, 0.2) is 18.2 Å². The number of hydrogen-bond acceptors (Lipinski definition) is 3. The van der Waals surface area contributed by atoms with Crippen LogP contribution in [0.3, 0.4) is 0 Å². The van der Waals surface area contributed by atoms with Crippen LogP contribution in [0, 0.1) is 5.92 Å². The van der Waals surface area contributed by atoms with Gasteiger partial charge in [0.2, 0.25) is 0 Å². The summed E-state index contributed by atoms with van der Waals surface area (Å²) < 4.78 is 5.57. The second-order valence-corrected chi connectivity index (χ2v) is 5.08. The minimum atomic E-state index is -0.923. The number of fused-ring (bicyclic) bond motifs is 1. The van der Waals surface area contributed by atoms with E-state index in [1.54, 1.807) is 12.1 Å². The SMILES string of the molecule is CC(C1CC1)N1CCOc2c(C(=O)O)cccc21. The van der Waals surface area contributed by atoms with E-state index in [1.165, 1.54) is 12.8 Å². The smallest absolute Gasteiger partial charge is 0.339 e. The van der Waals surface area contributed by atoms with Gasteiger partial charge in [0.05, 0.1) is 12.2 Å². The molecule has 1 heterocycles. The fraction of sp³-hybridized carbons (Fsp3) is 0.500. The quantitative estimate of drug-likeness (QED) is 0.891. The van der Waals surface area contributed by atoms with Crippen LogP contribution < -0.4 is 9.64 Å². The van der Waals surface area contributed by atoms with E-state index in [-0.39, 0.29) is 5.56 Å². The summed E-state index contributed by atoms with van der Waals surface area (Å²) >= 11 is 0. The van der Waals surface area contributed by atoms with Gasteiger partial charge in [-0.25, -0.2) is 4.79 Å². The van der Waals surface area contributed by atoms with Crippen molar-refractivity contribution in [2.75, 3.05) is 18.1 Å². The molecule has 1 N–H and O–H groups in total. The Kier molecular flexibility index (Phi) is 2.65. The van der Waals surface area contributed by atoms with Crippen LogP contribution >= 0.6 is 0 Å². The first kappa shape index (κ1) is 11.4. The zero-order valence-electron chi connectivity index (χ0n) is 10.4. The largest absolute Gasteiger partial charge is 0.489 e. The number of anilines is 1. The maximum atomic E-state index is 11.2. The molecule has 4 nitrogen and oxygen atoms in total. The first-order valence-corrected chi connectivity index (χ1v) is 6.44. The van der Waals surface area contributed by atoms with E-state index in [1.807, 2.05) is 6.07 Å². The van der Waals surface area contributed by atoms with Crippen molar-refractivity contribution >= 4 is 11.7 Å². The Morgan fingerprint density at radius 3 is 2.94 bits per heavy atom. The highest BCUT2D eigenvalue weighted by molar-refractivity contribution is 5.93. The lowest BCUT2D eigenvalue weighted by molar-refractivity contribution is 0.0692. The zero-order valence-corrected chi connectivity index (χ0v) is 10.4. The van der Waals surface area contributed by atoms with Crippen molar-refractivity contribution < 1.29 is 14.6 Å². The van der Waals surface area contributed by atoms with Gasteiger partial charge in [-0.15, -0.1) is 0 Å². The van der Waals surface area contributed by atoms with E-state index < -0.39 is 5.97 Å². The van der Waals surface area contributed by atoms with E-state index in [0.29, 0.717) is 18.4 Å². The number of carboxylic acids is 1. The molecule has 1 aliphatic heterocycles. The van der Waals surface area contributed by atoms with Crippen molar-refractivity contribution in [3.63, 3.8) is 0 Å². The molecule has 0 amide bonds. The number of nitrogens with zero attached hydrogens (tertiary/aromatic N) is 1. The van der Waals surface area contributed by atoms with Gasteiger partial charge in [0.15, 0.2) is 5.75 Å². The van der Waals surface area contributed by atoms with E-state index in [0.717, 1.165) is 18.2 Å². The molecule has 4 heteroatoms.